The first-order valence-electron chi connectivity index (χ1n) is 12.1. The molecule has 0 amide bonds. The lowest BCUT2D eigenvalue weighted by Crippen LogP contribution is -2.72. The second-order valence-electron chi connectivity index (χ2n) is 12.5. The molecule has 5 nitrogen and oxygen atoms in total. The smallest absolute Gasteiger partial charge is 0.0259 e. The molecule has 2 N–H and O–H groups in total. The van der Waals surface area contributed by atoms with E-state index in [1.807, 2.05) is 0 Å². The van der Waals surface area contributed by atoms with E-state index in [1.165, 1.54) is 38.8 Å². The summed E-state index contributed by atoms with van der Waals surface area (Å²) in [7, 11) is 0. The molecule has 3 saturated heterocycles. The number of piperazine rings is 1. The summed E-state index contributed by atoms with van der Waals surface area (Å²) in [5.41, 5.74) is 4.33. The second kappa shape index (κ2) is 8.05. The summed E-state index contributed by atoms with van der Waals surface area (Å²) >= 11 is 0. The lowest BCUT2D eigenvalue weighted by Gasteiger charge is -2.63. The van der Waals surface area contributed by atoms with Gasteiger partial charge in [0.15, 0.2) is 0 Å². The maximum atomic E-state index is 3.89. The minimum Gasteiger partial charge on any atom is -0.307 e. The predicted molar refractivity (Wildman–Crippen MR) is 124 cm³/mol. The highest BCUT2D eigenvalue weighted by Gasteiger charge is 2.52. The van der Waals surface area contributed by atoms with Crippen LogP contribution in [0, 0.1) is 0 Å². The lowest BCUT2D eigenvalue weighted by atomic mass is 9.71. The van der Waals surface area contributed by atoms with E-state index in [9.17, 15) is 0 Å². The van der Waals surface area contributed by atoms with Crippen LogP contribution in [-0.4, -0.2) is 81.8 Å². The third-order valence-corrected chi connectivity index (χ3v) is 7.52. The van der Waals surface area contributed by atoms with E-state index in [1.54, 1.807) is 0 Å². The molecule has 3 heterocycles. The Morgan fingerprint density at radius 3 is 1.66 bits per heavy atom. The number of rotatable bonds is 4. The van der Waals surface area contributed by atoms with E-state index < -0.39 is 0 Å². The Labute approximate surface area is 180 Å². The molecule has 0 spiro atoms. The number of nitrogens with one attached hydrogen (secondary N) is 2. The standard InChI is InChI=1S/C24H49N5/c1-10-25-28-13-11-27(12-14-28)19-17-23(6,7)29(24(8,9)18-19)20-15-21(2,3)26-22(4,5)16-20/h19-20,25-26H,10-18H2,1-9H3. The fraction of sp³-hybridized carbons (Fsp3) is 1.00. The van der Waals surface area contributed by atoms with Gasteiger partial charge in [0.1, 0.15) is 0 Å². The molecule has 3 rings (SSSR count). The normalized spacial score (nSPS) is 31.8. The fourth-order valence-corrected chi connectivity index (χ4v) is 7.41. The molecule has 0 unspecified atom stereocenters. The number of piperidine rings is 2. The third kappa shape index (κ3) is 5.35. The summed E-state index contributed by atoms with van der Waals surface area (Å²) in [5, 5.41) is 6.29. The highest BCUT2D eigenvalue weighted by Crippen LogP contribution is 2.46. The zero-order chi connectivity index (χ0) is 21.7. The van der Waals surface area contributed by atoms with Crippen LogP contribution in [0.1, 0.15) is 88.0 Å². The van der Waals surface area contributed by atoms with Gasteiger partial charge in [-0.25, -0.2) is 5.01 Å². The van der Waals surface area contributed by atoms with Crippen molar-refractivity contribution >= 4 is 0 Å². The highest BCUT2D eigenvalue weighted by molar-refractivity contribution is 5.10. The van der Waals surface area contributed by atoms with Gasteiger partial charge in [0.2, 0.25) is 0 Å². The van der Waals surface area contributed by atoms with Gasteiger partial charge < -0.3 is 5.32 Å². The zero-order valence-corrected chi connectivity index (χ0v) is 20.9. The first-order valence-corrected chi connectivity index (χ1v) is 12.1. The maximum Gasteiger partial charge on any atom is 0.0259 e. The molecule has 3 fully saturated rings. The Morgan fingerprint density at radius 2 is 1.21 bits per heavy atom. The van der Waals surface area contributed by atoms with E-state index in [0.29, 0.717) is 12.1 Å². The Hall–Kier alpha value is -0.200. The summed E-state index contributed by atoms with van der Waals surface area (Å²) in [6.45, 7) is 27.5. The van der Waals surface area contributed by atoms with Crippen LogP contribution in [0.3, 0.4) is 0 Å². The van der Waals surface area contributed by atoms with Crippen molar-refractivity contribution in [2.24, 2.45) is 0 Å². The van der Waals surface area contributed by atoms with Gasteiger partial charge in [0, 0.05) is 67.0 Å². The topological polar surface area (TPSA) is 33.8 Å². The second-order valence-corrected chi connectivity index (χ2v) is 12.5. The van der Waals surface area contributed by atoms with Crippen LogP contribution in [0.5, 0.6) is 0 Å². The van der Waals surface area contributed by atoms with E-state index in [-0.39, 0.29) is 22.2 Å². The third-order valence-electron chi connectivity index (χ3n) is 7.52. The van der Waals surface area contributed by atoms with Gasteiger partial charge in [0.05, 0.1) is 0 Å². The SMILES string of the molecule is CCNN1CCN(C2CC(C)(C)N(C3CC(C)(C)NC(C)(C)C3)C(C)(C)C2)CC1. The first kappa shape index (κ1) is 23.5. The fourth-order valence-electron chi connectivity index (χ4n) is 7.41. The number of hydrazine groups is 1. The molecular weight excluding hydrogens is 358 g/mol. The number of nitrogens with zero attached hydrogens (tertiary/aromatic N) is 3. The lowest BCUT2D eigenvalue weighted by molar-refractivity contribution is -0.116. The largest absolute Gasteiger partial charge is 0.307 e. The van der Waals surface area contributed by atoms with E-state index in [0.717, 1.165) is 19.6 Å². The van der Waals surface area contributed by atoms with Crippen LogP contribution >= 0.6 is 0 Å². The number of hydrogen-bond donors (Lipinski definition) is 2. The zero-order valence-electron chi connectivity index (χ0n) is 20.9. The molecule has 0 radical (unpaired) electrons. The summed E-state index contributed by atoms with van der Waals surface area (Å²) in [4.78, 5) is 5.71. The van der Waals surface area contributed by atoms with Crippen molar-refractivity contribution in [3.8, 4) is 0 Å². The summed E-state index contributed by atoms with van der Waals surface area (Å²) in [6.07, 6.45) is 5.02. The monoisotopic (exact) mass is 407 g/mol. The van der Waals surface area contributed by atoms with Crippen molar-refractivity contribution in [1.82, 2.24) is 25.6 Å². The maximum absolute atomic E-state index is 3.89. The van der Waals surface area contributed by atoms with Crippen molar-refractivity contribution in [1.29, 1.82) is 0 Å². The average Bonchev–Trinajstić information content (AvgIpc) is 2.50. The van der Waals surface area contributed by atoms with Gasteiger partial charge in [-0.3, -0.25) is 15.2 Å². The van der Waals surface area contributed by atoms with E-state index >= 15 is 0 Å². The van der Waals surface area contributed by atoms with E-state index in [4.69, 9.17) is 0 Å². The molecule has 5 heteroatoms. The van der Waals surface area contributed by atoms with Gasteiger partial charge in [-0.05, 0) is 81.1 Å². The average molecular weight is 408 g/mol. The van der Waals surface area contributed by atoms with Crippen molar-refractivity contribution in [2.45, 2.75) is 122 Å². The molecule has 3 aliphatic rings. The van der Waals surface area contributed by atoms with Crippen molar-refractivity contribution in [3.05, 3.63) is 0 Å². The Kier molecular flexibility index (Phi) is 6.51. The minimum absolute atomic E-state index is 0.192. The highest BCUT2D eigenvalue weighted by atomic mass is 15.5. The quantitative estimate of drug-likeness (QED) is 0.746. The van der Waals surface area contributed by atoms with Crippen LogP contribution < -0.4 is 10.7 Å². The van der Waals surface area contributed by atoms with Crippen molar-refractivity contribution in [3.63, 3.8) is 0 Å². The van der Waals surface area contributed by atoms with Crippen molar-refractivity contribution < 1.29 is 0 Å². The van der Waals surface area contributed by atoms with Crippen LogP contribution in [0.2, 0.25) is 0 Å². The molecule has 0 saturated carbocycles. The number of likely N-dealkylation sites (tertiary alicyclic amines) is 1. The molecule has 0 aliphatic carbocycles. The molecule has 170 valence electrons. The van der Waals surface area contributed by atoms with Crippen molar-refractivity contribution in [2.75, 3.05) is 32.7 Å². The Bertz CT molecular complexity index is 526. The molecule has 0 aromatic carbocycles. The summed E-state index contributed by atoms with van der Waals surface area (Å²) in [5.74, 6) is 0. The molecule has 3 aliphatic heterocycles. The van der Waals surface area contributed by atoms with Gasteiger partial charge >= 0.3 is 0 Å². The number of hydrogen-bond acceptors (Lipinski definition) is 5. The molecule has 0 aromatic rings. The van der Waals surface area contributed by atoms with Gasteiger partial charge in [-0.2, -0.15) is 0 Å². The molecule has 29 heavy (non-hydrogen) atoms. The summed E-state index contributed by atoms with van der Waals surface area (Å²) in [6, 6.07) is 1.33. The molecule has 0 aromatic heterocycles. The summed E-state index contributed by atoms with van der Waals surface area (Å²) < 4.78 is 0. The molecule has 0 atom stereocenters. The first-order chi connectivity index (χ1) is 13.2. The Balaban J connectivity index is 1.74. The van der Waals surface area contributed by atoms with Crippen LogP contribution in [0.4, 0.5) is 0 Å². The van der Waals surface area contributed by atoms with Gasteiger partial charge in [-0.1, -0.05) is 6.92 Å². The van der Waals surface area contributed by atoms with Crippen LogP contribution in [-0.2, 0) is 0 Å². The molecule has 0 bridgehead atoms. The van der Waals surface area contributed by atoms with Crippen LogP contribution in [0.15, 0.2) is 0 Å². The predicted octanol–water partition coefficient (Wildman–Crippen LogP) is 3.46. The van der Waals surface area contributed by atoms with Crippen LogP contribution in [0.25, 0.3) is 0 Å². The van der Waals surface area contributed by atoms with E-state index in [2.05, 4.69) is 87.9 Å². The Morgan fingerprint density at radius 1 is 0.724 bits per heavy atom. The minimum atomic E-state index is 0.192. The van der Waals surface area contributed by atoms with Gasteiger partial charge in [0.25, 0.3) is 0 Å². The van der Waals surface area contributed by atoms with Gasteiger partial charge in [-0.15, -0.1) is 0 Å². The molecular formula is C24H49N5.